The normalized spacial score (nSPS) is 23.3. The first-order valence-electron chi connectivity index (χ1n) is 4.55. The molecule has 1 fully saturated rings. The molecule has 0 aromatic rings. The van der Waals surface area contributed by atoms with Gasteiger partial charge in [-0.05, 0) is 6.92 Å². The van der Waals surface area contributed by atoms with E-state index in [9.17, 15) is 22.4 Å². The van der Waals surface area contributed by atoms with Crippen LogP contribution in [0.15, 0.2) is 0 Å². The van der Waals surface area contributed by atoms with E-state index in [0.717, 1.165) is 4.90 Å². The molecule has 1 atom stereocenters. The molecule has 7 heteroatoms. The lowest BCUT2D eigenvalue weighted by molar-refractivity contribution is -0.183. The maximum atomic E-state index is 12.7. The largest absolute Gasteiger partial charge is 0.383 e. The van der Waals surface area contributed by atoms with Crippen LogP contribution in [-0.4, -0.2) is 48.8 Å². The van der Waals surface area contributed by atoms with Gasteiger partial charge in [-0.1, -0.05) is 0 Å². The van der Waals surface area contributed by atoms with Gasteiger partial charge >= 0.3 is 12.3 Å². The van der Waals surface area contributed by atoms with Gasteiger partial charge in [-0.15, -0.1) is 0 Å². The third-order valence-electron chi connectivity index (χ3n) is 2.32. The standard InChI is InChI=1S/C8H12F4N2O/c1-5-4-13-2-3-14(5)7(15)8(11,12)6(9)10/h5-6,13H,2-4H2,1H3. The van der Waals surface area contributed by atoms with Crippen molar-refractivity contribution >= 4 is 5.91 Å². The molecule has 0 aliphatic carbocycles. The third-order valence-corrected chi connectivity index (χ3v) is 2.32. The number of halogens is 4. The number of nitrogens with zero attached hydrogens (tertiary/aromatic N) is 1. The summed E-state index contributed by atoms with van der Waals surface area (Å²) in [7, 11) is 0. The molecule has 1 N–H and O–H groups in total. The summed E-state index contributed by atoms with van der Waals surface area (Å²) in [6.07, 6.45) is -3.95. The van der Waals surface area contributed by atoms with Gasteiger partial charge in [-0.3, -0.25) is 4.79 Å². The average Bonchev–Trinajstić information content (AvgIpc) is 2.17. The highest BCUT2D eigenvalue weighted by atomic mass is 19.3. The summed E-state index contributed by atoms with van der Waals surface area (Å²) in [6.45, 7) is 2.24. The van der Waals surface area contributed by atoms with Crippen molar-refractivity contribution in [2.45, 2.75) is 25.3 Å². The maximum absolute atomic E-state index is 12.7. The van der Waals surface area contributed by atoms with Crippen molar-refractivity contribution < 1.29 is 22.4 Å². The lowest BCUT2D eigenvalue weighted by atomic mass is 10.2. The molecule has 88 valence electrons. The smallest absolute Gasteiger partial charge is 0.332 e. The van der Waals surface area contributed by atoms with Gasteiger partial charge in [-0.2, -0.15) is 8.78 Å². The number of hydrogen-bond donors (Lipinski definition) is 1. The Labute approximate surface area is 84.4 Å². The van der Waals surface area contributed by atoms with Crippen molar-refractivity contribution in [3.63, 3.8) is 0 Å². The molecule has 1 aliphatic heterocycles. The zero-order valence-electron chi connectivity index (χ0n) is 8.14. The van der Waals surface area contributed by atoms with Gasteiger partial charge < -0.3 is 10.2 Å². The summed E-state index contributed by atoms with van der Waals surface area (Å²) < 4.78 is 49.3. The number of piperazine rings is 1. The van der Waals surface area contributed by atoms with Gasteiger partial charge in [0.05, 0.1) is 0 Å². The van der Waals surface area contributed by atoms with Crippen molar-refractivity contribution in [1.29, 1.82) is 0 Å². The lowest BCUT2D eigenvalue weighted by Crippen LogP contribution is -2.58. The molecule has 0 saturated carbocycles. The number of nitrogens with one attached hydrogen (secondary N) is 1. The van der Waals surface area contributed by atoms with Crippen LogP contribution in [0.25, 0.3) is 0 Å². The average molecular weight is 228 g/mol. The maximum Gasteiger partial charge on any atom is 0.383 e. The number of amides is 1. The monoisotopic (exact) mass is 228 g/mol. The van der Waals surface area contributed by atoms with Crippen LogP contribution in [0.5, 0.6) is 0 Å². The second-order valence-electron chi connectivity index (χ2n) is 3.48. The van der Waals surface area contributed by atoms with Gasteiger partial charge in [0.15, 0.2) is 0 Å². The SMILES string of the molecule is CC1CNCCN1C(=O)C(F)(F)C(F)F. The Bertz CT molecular complexity index is 247. The van der Waals surface area contributed by atoms with Crippen LogP contribution in [0.3, 0.4) is 0 Å². The number of alkyl halides is 4. The minimum absolute atomic E-state index is 0.0301. The summed E-state index contributed by atoms with van der Waals surface area (Å²) in [5.74, 6) is -6.36. The van der Waals surface area contributed by atoms with Gasteiger partial charge in [0.2, 0.25) is 0 Å². The van der Waals surface area contributed by atoms with E-state index >= 15 is 0 Å². The molecule has 0 bridgehead atoms. The van der Waals surface area contributed by atoms with Crippen molar-refractivity contribution in [3.05, 3.63) is 0 Å². The van der Waals surface area contributed by atoms with Crippen LogP contribution in [0.1, 0.15) is 6.92 Å². The summed E-state index contributed by atoms with van der Waals surface area (Å²) in [5, 5.41) is 2.87. The van der Waals surface area contributed by atoms with Crippen molar-refractivity contribution in [1.82, 2.24) is 10.2 Å². The topological polar surface area (TPSA) is 32.3 Å². The molecule has 15 heavy (non-hydrogen) atoms. The lowest BCUT2D eigenvalue weighted by Gasteiger charge is -2.35. The van der Waals surface area contributed by atoms with E-state index in [2.05, 4.69) is 5.32 Å². The summed E-state index contributed by atoms with van der Waals surface area (Å²) in [6, 6.07) is -0.490. The minimum Gasteiger partial charge on any atom is -0.332 e. The van der Waals surface area contributed by atoms with Crippen molar-refractivity contribution in [2.24, 2.45) is 0 Å². The molecule has 1 saturated heterocycles. The molecule has 0 aromatic heterocycles. The van der Waals surface area contributed by atoms with E-state index in [0.29, 0.717) is 13.1 Å². The molecular weight excluding hydrogens is 216 g/mol. The van der Waals surface area contributed by atoms with Gasteiger partial charge in [0, 0.05) is 25.7 Å². The minimum atomic E-state index is -4.58. The molecule has 0 spiro atoms. The Kier molecular flexibility index (Phi) is 3.54. The third kappa shape index (κ3) is 2.39. The summed E-state index contributed by atoms with van der Waals surface area (Å²) in [4.78, 5) is 11.9. The number of carbonyl (C=O) groups is 1. The second kappa shape index (κ2) is 4.34. The molecule has 3 nitrogen and oxygen atoms in total. The molecule has 1 rings (SSSR count). The van der Waals surface area contributed by atoms with Crippen LogP contribution >= 0.6 is 0 Å². The second-order valence-corrected chi connectivity index (χ2v) is 3.48. The Morgan fingerprint density at radius 3 is 2.60 bits per heavy atom. The highest BCUT2D eigenvalue weighted by Gasteiger charge is 2.52. The number of carbonyl (C=O) groups excluding carboxylic acids is 1. The highest BCUT2D eigenvalue weighted by molar-refractivity contribution is 5.84. The molecule has 1 aliphatic rings. The Morgan fingerprint density at radius 1 is 1.53 bits per heavy atom. The van der Waals surface area contributed by atoms with E-state index < -0.39 is 24.3 Å². The van der Waals surface area contributed by atoms with Crippen LogP contribution in [-0.2, 0) is 4.79 Å². The zero-order valence-corrected chi connectivity index (χ0v) is 8.14. The summed E-state index contributed by atoms with van der Waals surface area (Å²) in [5.41, 5.74) is 0. The highest BCUT2D eigenvalue weighted by Crippen LogP contribution is 2.26. The fourth-order valence-electron chi connectivity index (χ4n) is 1.43. The Hall–Kier alpha value is -0.850. The first kappa shape index (κ1) is 12.2. The first-order chi connectivity index (χ1) is 6.87. The van der Waals surface area contributed by atoms with E-state index in [1.807, 2.05) is 0 Å². The van der Waals surface area contributed by atoms with E-state index in [1.165, 1.54) is 6.92 Å². The fraction of sp³-hybridized carbons (Fsp3) is 0.875. The Morgan fingerprint density at radius 2 is 2.13 bits per heavy atom. The van der Waals surface area contributed by atoms with E-state index in [-0.39, 0.29) is 6.54 Å². The fourth-order valence-corrected chi connectivity index (χ4v) is 1.43. The van der Waals surface area contributed by atoms with Crippen molar-refractivity contribution in [3.8, 4) is 0 Å². The molecular formula is C8H12F4N2O. The van der Waals surface area contributed by atoms with Crippen molar-refractivity contribution in [2.75, 3.05) is 19.6 Å². The number of rotatable bonds is 2. The Balaban J connectivity index is 2.74. The molecule has 0 aromatic carbocycles. The first-order valence-corrected chi connectivity index (χ1v) is 4.55. The zero-order chi connectivity index (χ0) is 11.6. The van der Waals surface area contributed by atoms with E-state index in [1.54, 1.807) is 0 Å². The van der Waals surface area contributed by atoms with Gasteiger partial charge in [-0.25, -0.2) is 8.78 Å². The molecule has 1 heterocycles. The van der Waals surface area contributed by atoms with E-state index in [4.69, 9.17) is 0 Å². The molecule has 1 amide bonds. The van der Waals surface area contributed by atoms with Crippen LogP contribution in [0.4, 0.5) is 17.6 Å². The predicted octanol–water partition coefficient (Wildman–Crippen LogP) is 0.707. The summed E-state index contributed by atoms with van der Waals surface area (Å²) >= 11 is 0. The van der Waals surface area contributed by atoms with Gasteiger partial charge in [0.1, 0.15) is 0 Å². The van der Waals surface area contributed by atoms with Crippen LogP contribution in [0, 0.1) is 0 Å². The van der Waals surface area contributed by atoms with Crippen LogP contribution in [0.2, 0.25) is 0 Å². The van der Waals surface area contributed by atoms with Crippen LogP contribution < -0.4 is 5.32 Å². The molecule has 1 unspecified atom stereocenters. The predicted molar refractivity (Wildman–Crippen MR) is 45.0 cm³/mol. The molecule has 0 radical (unpaired) electrons. The van der Waals surface area contributed by atoms with Gasteiger partial charge in [0.25, 0.3) is 5.91 Å². The number of hydrogen-bond acceptors (Lipinski definition) is 2. The quantitative estimate of drug-likeness (QED) is 0.706.